The van der Waals surface area contributed by atoms with Gasteiger partial charge in [-0.15, -0.1) is 4.99 Å². The van der Waals surface area contributed by atoms with Crippen LogP contribution in [0.3, 0.4) is 0 Å². The van der Waals surface area contributed by atoms with E-state index in [4.69, 9.17) is 0 Å². The molecule has 0 atom stereocenters. The average Bonchev–Trinajstić information content (AvgIpc) is 2.09. The summed E-state index contributed by atoms with van der Waals surface area (Å²) >= 11 is 0. The molecule has 1 aromatic rings. The van der Waals surface area contributed by atoms with Gasteiger partial charge in [-0.3, -0.25) is 0 Å². The Morgan fingerprint density at radius 3 is 3.08 bits per heavy atom. The van der Waals surface area contributed by atoms with Gasteiger partial charge in [0.05, 0.1) is 13.3 Å². The van der Waals surface area contributed by atoms with E-state index < -0.39 is 5.82 Å². The van der Waals surface area contributed by atoms with Crippen LogP contribution in [-0.4, -0.2) is 18.2 Å². The van der Waals surface area contributed by atoms with E-state index in [-0.39, 0.29) is 11.6 Å². The van der Waals surface area contributed by atoms with Crippen LogP contribution in [0.25, 0.3) is 0 Å². The summed E-state index contributed by atoms with van der Waals surface area (Å²) in [5.41, 5.74) is 0. The number of isocyanates is 1. The molecule has 0 aliphatic rings. The molecule has 5 heteroatoms. The maximum atomic E-state index is 12.7. The second-order valence-electron chi connectivity index (χ2n) is 1.88. The second-order valence-corrected chi connectivity index (χ2v) is 1.88. The van der Waals surface area contributed by atoms with Crippen LogP contribution in [0.5, 0.6) is 5.75 Å². The molecule has 1 rings (SSSR count). The molecule has 62 valence electrons. The highest BCUT2D eigenvalue weighted by molar-refractivity contribution is 5.46. The Morgan fingerprint density at radius 2 is 2.50 bits per heavy atom. The third kappa shape index (κ3) is 1.65. The number of halogens is 1. The van der Waals surface area contributed by atoms with Crippen LogP contribution in [0.1, 0.15) is 0 Å². The third-order valence-corrected chi connectivity index (χ3v) is 1.19. The minimum absolute atomic E-state index is 0.000926. The molecule has 0 radical (unpaired) electrons. The SMILES string of the molecule is COc1cc(N=C=O)ncc1F. The molecule has 0 amide bonds. The number of carbonyl (C=O) groups excluding carboxylic acids is 1. The molecular formula is C7H5FN2O2. The molecule has 0 aliphatic heterocycles. The first-order valence-corrected chi connectivity index (χ1v) is 3.05. The van der Waals surface area contributed by atoms with Crippen molar-refractivity contribution in [2.75, 3.05) is 7.11 Å². The predicted octanol–water partition coefficient (Wildman–Crippen LogP) is 1.20. The van der Waals surface area contributed by atoms with E-state index in [2.05, 4.69) is 14.7 Å². The third-order valence-electron chi connectivity index (χ3n) is 1.19. The predicted molar refractivity (Wildman–Crippen MR) is 38.5 cm³/mol. The quantitative estimate of drug-likeness (QED) is 0.492. The number of rotatable bonds is 2. The summed E-state index contributed by atoms with van der Waals surface area (Å²) in [7, 11) is 1.31. The second kappa shape index (κ2) is 3.59. The van der Waals surface area contributed by atoms with Crippen molar-refractivity contribution in [1.29, 1.82) is 0 Å². The molecular weight excluding hydrogens is 163 g/mol. The van der Waals surface area contributed by atoms with Gasteiger partial charge in [0.15, 0.2) is 17.4 Å². The lowest BCUT2D eigenvalue weighted by Crippen LogP contribution is -1.88. The Bertz CT molecular complexity index is 334. The summed E-state index contributed by atoms with van der Waals surface area (Å²) in [6.45, 7) is 0. The van der Waals surface area contributed by atoms with Crippen LogP contribution in [-0.2, 0) is 4.79 Å². The van der Waals surface area contributed by atoms with Gasteiger partial charge in [-0.2, -0.15) is 0 Å². The van der Waals surface area contributed by atoms with E-state index in [1.807, 2.05) is 0 Å². The minimum atomic E-state index is -0.595. The molecule has 0 aliphatic carbocycles. The molecule has 12 heavy (non-hydrogen) atoms. The lowest BCUT2D eigenvalue weighted by Gasteiger charge is -1.99. The standard InChI is InChI=1S/C7H5FN2O2/c1-12-6-2-7(10-4-11)9-3-5(6)8/h2-3H,1H3. The zero-order chi connectivity index (χ0) is 8.97. The van der Waals surface area contributed by atoms with E-state index in [1.165, 1.54) is 19.3 Å². The molecule has 0 fully saturated rings. The first-order valence-electron chi connectivity index (χ1n) is 3.05. The van der Waals surface area contributed by atoms with Crippen LogP contribution >= 0.6 is 0 Å². The normalized spacial score (nSPS) is 8.83. The van der Waals surface area contributed by atoms with Crippen molar-refractivity contribution in [1.82, 2.24) is 4.98 Å². The molecule has 0 bridgehead atoms. The number of aromatic nitrogens is 1. The fourth-order valence-electron chi connectivity index (χ4n) is 0.674. The van der Waals surface area contributed by atoms with E-state index in [0.29, 0.717) is 0 Å². The van der Waals surface area contributed by atoms with Crippen molar-refractivity contribution in [3.63, 3.8) is 0 Å². The van der Waals surface area contributed by atoms with Crippen molar-refractivity contribution in [2.24, 2.45) is 4.99 Å². The summed E-state index contributed by atoms with van der Waals surface area (Å²) in [5, 5.41) is 0. The molecule has 0 saturated carbocycles. The summed E-state index contributed by atoms with van der Waals surface area (Å²) in [4.78, 5) is 16.5. The van der Waals surface area contributed by atoms with Crippen LogP contribution in [0.15, 0.2) is 17.3 Å². The van der Waals surface area contributed by atoms with Crippen molar-refractivity contribution in [3.8, 4) is 5.75 Å². The Hall–Kier alpha value is -1.74. The summed E-state index contributed by atoms with van der Waals surface area (Å²) in [6.07, 6.45) is 2.21. The van der Waals surface area contributed by atoms with Gasteiger partial charge in [-0.1, -0.05) is 0 Å². The number of ether oxygens (including phenoxy) is 1. The highest BCUT2D eigenvalue weighted by Crippen LogP contribution is 2.19. The van der Waals surface area contributed by atoms with E-state index in [1.54, 1.807) is 0 Å². The van der Waals surface area contributed by atoms with Crippen molar-refractivity contribution in [2.45, 2.75) is 0 Å². The van der Waals surface area contributed by atoms with Gasteiger partial charge in [0.25, 0.3) is 0 Å². The summed E-state index contributed by atoms with van der Waals surface area (Å²) in [6, 6.07) is 1.21. The van der Waals surface area contributed by atoms with Crippen LogP contribution in [0.2, 0.25) is 0 Å². The van der Waals surface area contributed by atoms with E-state index in [0.717, 1.165) is 6.20 Å². The van der Waals surface area contributed by atoms with Gasteiger partial charge in [-0.05, 0) is 0 Å². The lowest BCUT2D eigenvalue weighted by molar-refractivity contribution is 0.385. The molecule has 0 saturated heterocycles. The minimum Gasteiger partial charge on any atom is -0.493 e. The number of hydrogen-bond acceptors (Lipinski definition) is 4. The lowest BCUT2D eigenvalue weighted by atomic mass is 10.4. The highest BCUT2D eigenvalue weighted by atomic mass is 19.1. The van der Waals surface area contributed by atoms with Gasteiger partial charge in [0, 0.05) is 6.07 Å². The zero-order valence-corrected chi connectivity index (χ0v) is 6.24. The monoisotopic (exact) mass is 168 g/mol. The fourth-order valence-corrected chi connectivity index (χ4v) is 0.674. The number of pyridine rings is 1. The van der Waals surface area contributed by atoms with Gasteiger partial charge < -0.3 is 4.74 Å². The van der Waals surface area contributed by atoms with Crippen molar-refractivity contribution >= 4 is 11.9 Å². The topological polar surface area (TPSA) is 51.5 Å². The number of nitrogens with zero attached hydrogens (tertiary/aromatic N) is 2. The van der Waals surface area contributed by atoms with Crippen molar-refractivity contribution in [3.05, 3.63) is 18.1 Å². The molecule has 0 N–H and O–H groups in total. The summed E-state index contributed by atoms with van der Waals surface area (Å²) < 4.78 is 17.3. The van der Waals surface area contributed by atoms with E-state index in [9.17, 15) is 9.18 Å². The molecule has 0 unspecified atom stereocenters. The number of aliphatic imine (C=N–C) groups is 1. The molecule has 4 nitrogen and oxygen atoms in total. The summed E-state index contributed by atoms with van der Waals surface area (Å²) in [5.74, 6) is -0.524. The van der Waals surface area contributed by atoms with E-state index >= 15 is 0 Å². The zero-order valence-electron chi connectivity index (χ0n) is 6.24. The van der Waals surface area contributed by atoms with Crippen molar-refractivity contribution < 1.29 is 13.9 Å². The maximum absolute atomic E-state index is 12.7. The molecule has 1 aromatic heterocycles. The Labute approximate surface area is 67.7 Å². The average molecular weight is 168 g/mol. The van der Waals surface area contributed by atoms with Crippen LogP contribution < -0.4 is 4.74 Å². The Balaban J connectivity index is 3.13. The number of methoxy groups -OCH3 is 1. The van der Waals surface area contributed by atoms with Gasteiger partial charge in [0.1, 0.15) is 0 Å². The number of hydrogen-bond donors (Lipinski definition) is 0. The molecule has 0 aromatic carbocycles. The Morgan fingerprint density at radius 1 is 1.75 bits per heavy atom. The largest absolute Gasteiger partial charge is 0.493 e. The van der Waals surface area contributed by atoms with Crippen LogP contribution in [0.4, 0.5) is 10.2 Å². The van der Waals surface area contributed by atoms with Crippen LogP contribution in [0, 0.1) is 5.82 Å². The highest BCUT2D eigenvalue weighted by Gasteiger charge is 2.03. The first-order chi connectivity index (χ1) is 5.77. The molecule has 1 heterocycles. The maximum Gasteiger partial charge on any atom is 0.242 e. The van der Waals surface area contributed by atoms with Gasteiger partial charge >= 0.3 is 0 Å². The first kappa shape index (κ1) is 8.36. The van der Waals surface area contributed by atoms with Gasteiger partial charge in [0.2, 0.25) is 6.08 Å². The van der Waals surface area contributed by atoms with Gasteiger partial charge in [-0.25, -0.2) is 14.2 Å². The smallest absolute Gasteiger partial charge is 0.242 e. The molecule has 0 spiro atoms. The Kier molecular flexibility index (Phi) is 2.50. The fraction of sp³-hybridized carbons (Fsp3) is 0.143.